The molecule has 0 bridgehead atoms. The molecule has 1 aromatic heterocycles. The third kappa shape index (κ3) is 6.33. The van der Waals surface area contributed by atoms with Crippen LogP contribution in [0.4, 0.5) is 5.69 Å². The van der Waals surface area contributed by atoms with Crippen LogP contribution in [0.1, 0.15) is 47.6 Å². The lowest BCUT2D eigenvalue weighted by Gasteiger charge is -2.38. The van der Waals surface area contributed by atoms with Gasteiger partial charge in [-0.05, 0) is 38.0 Å². The minimum Gasteiger partial charge on any atom is -0.491 e. The van der Waals surface area contributed by atoms with Crippen LogP contribution in [0.25, 0.3) is 0 Å². The maximum Gasteiger partial charge on any atom is 0.294 e. The van der Waals surface area contributed by atoms with Crippen molar-refractivity contribution in [1.82, 2.24) is 15.0 Å². The molecule has 0 saturated carbocycles. The molecule has 1 fully saturated rings. The van der Waals surface area contributed by atoms with Crippen molar-refractivity contribution in [3.63, 3.8) is 0 Å². The van der Waals surface area contributed by atoms with Crippen molar-refractivity contribution in [1.29, 1.82) is 0 Å². The van der Waals surface area contributed by atoms with E-state index in [-0.39, 0.29) is 48.2 Å². The van der Waals surface area contributed by atoms with Gasteiger partial charge in [-0.15, -0.1) is 0 Å². The van der Waals surface area contributed by atoms with Crippen LogP contribution in [0.3, 0.4) is 0 Å². The Balaban J connectivity index is 1.62. The van der Waals surface area contributed by atoms with E-state index in [1.54, 1.807) is 37.3 Å². The molecular weight excluding hydrogens is 492 g/mol. The second kappa shape index (κ2) is 12.4. The first-order chi connectivity index (χ1) is 18.3. The molecule has 11 heteroatoms. The van der Waals surface area contributed by atoms with Gasteiger partial charge >= 0.3 is 0 Å². The van der Waals surface area contributed by atoms with Crippen molar-refractivity contribution in [2.24, 2.45) is 11.8 Å². The number of amides is 3. The number of carbonyl (C=O) groups excluding carboxylic acids is 3. The van der Waals surface area contributed by atoms with Crippen LogP contribution in [0.2, 0.25) is 0 Å². The molecule has 3 heterocycles. The summed E-state index contributed by atoms with van der Waals surface area (Å²) in [4.78, 5) is 43.0. The van der Waals surface area contributed by atoms with Crippen molar-refractivity contribution in [3.8, 4) is 5.75 Å². The first-order valence-electron chi connectivity index (χ1n) is 12.9. The van der Waals surface area contributed by atoms with Crippen LogP contribution >= 0.6 is 0 Å². The minimum absolute atomic E-state index is 0.0343. The van der Waals surface area contributed by atoms with Gasteiger partial charge in [0.2, 0.25) is 11.7 Å². The highest BCUT2D eigenvalue weighted by Crippen LogP contribution is 2.28. The Hall–Kier alpha value is -3.44. The molecule has 2 aliphatic heterocycles. The molecule has 0 aliphatic carbocycles. The Morgan fingerprint density at radius 1 is 1.13 bits per heavy atom. The van der Waals surface area contributed by atoms with E-state index in [9.17, 15) is 14.4 Å². The number of likely N-dealkylation sites (N-methyl/N-ethyl adjacent to an activating group) is 1. The number of hydrogen-bond donors (Lipinski definition) is 1. The number of carbonyl (C=O) groups is 3. The lowest BCUT2D eigenvalue weighted by atomic mass is 9.95. The number of ether oxygens (including phenoxy) is 3. The van der Waals surface area contributed by atoms with Crippen molar-refractivity contribution < 1.29 is 33.1 Å². The highest BCUT2D eigenvalue weighted by molar-refractivity contribution is 6.04. The van der Waals surface area contributed by atoms with E-state index >= 15 is 0 Å². The molecule has 0 spiro atoms. The molecule has 0 radical (unpaired) electrons. The Morgan fingerprint density at radius 2 is 1.89 bits per heavy atom. The Bertz CT molecular complexity index is 1120. The lowest BCUT2D eigenvalue weighted by molar-refractivity contribution is -0.142. The number of rotatable bonds is 4. The Kier molecular flexibility index (Phi) is 9.01. The van der Waals surface area contributed by atoms with E-state index in [2.05, 4.69) is 10.5 Å². The summed E-state index contributed by atoms with van der Waals surface area (Å²) in [5.74, 6) is -0.356. The summed E-state index contributed by atoms with van der Waals surface area (Å²) < 4.78 is 22.3. The fourth-order valence-corrected chi connectivity index (χ4v) is 4.87. The van der Waals surface area contributed by atoms with Gasteiger partial charge in [0, 0.05) is 64.1 Å². The van der Waals surface area contributed by atoms with Gasteiger partial charge in [-0.3, -0.25) is 14.4 Å². The van der Waals surface area contributed by atoms with E-state index < -0.39 is 5.91 Å². The Labute approximate surface area is 222 Å². The molecule has 3 atom stereocenters. The molecule has 1 saturated heterocycles. The number of nitrogens with zero attached hydrogens (tertiary/aromatic N) is 3. The summed E-state index contributed by atoms with van der Waals surface area (Å²) in [5.41, 5.74) is 0.698. The van der Waals surface area contributed by atoms with Gasteiger partial charge in [-0.25, -0.2) is 0 Å². The van der Waals surface area contributed by atoms with Crippen LogP contribution in [0, 0.1) is 11.8 Å². The molecular formula is C27H36N4O7. The lowest BCUT2D eigenvalue weighted by Crippen LogP contribution is -2.50. The first-order valence-corrected chi connectivity index (χ1v) is 12.9. The second-order valence-corrected chi connectivity index (χ2v) is 10.0. The Morgan fingerprint density at radius 3 is 2.58 bits per heavy atom. The summed E-state index contributed by atoms with van der Waals surface area (Å²) in [6.07, 6.45) is 2.49. The predicted molar refractivity (Wildman–Crippen MR) is 138 cm³/mol. The van der Waals surface area contributed by atoms with Gasteiger partial charge in [0.1, 0.15) is 12.4 Å². The summed E-state index contributed by atoms with van der Waals surface area (Å²) in [6, 6.07) is 6.09. The van der Waals surface area contributed by atoms with E-state index in [0.29, 0.717) is 56.1 Å². The molecule has 2 aliphatic rings. The SMILES string of the molecule is CO[C@@H]1CN(C)C(=O)c2cc(NC(=O)c3ccno3)ccc2OC[C@@H](C)N(C(=O)C2CCOCC2)C[C@H]1C. The van der Waals surface area contributed by atoms with Crippen molar-refractivity contribution >= 4 is 23.4 Å². The summed E-state index contributed by atoms with van der Waals surface area (Å²) in [7, 11) is 3.32. The van der Waals surface area contributed by atoms with Gasteiger partial charge in [0.15, 0.2) is 0 Å². The van der Waals surface area contributed by atoms with Crippen LogP contribution in [0.15, 0.2) is 35.0 Å². The van der Waals surface area contributed by atoms with Crippen molar-refractivity contribution in [2.45, 2.75) is 38.8 Å². The van der Waals surface area contributed by atoms with Crippen LogP contribution in [-0.4, -0.2) is 91.9 Å². The summed E-state index contributed by atoms with van der Waals surface area (Å²) in [6.45, 7) is 6.16. The van der Waals surface area contributed by atoms with Gasteiger partial charge in [-0.2, -0.15) is 0 Å². The van der Waals surface area contributed by atoms with Gasteiger partial charge in [0.25, 0.3) is 11.8 Å². The molecule has 1 N–H and O–H groups in total. The van der Waals surface area contributed by atoms with Crippen molar-refractivity contribution in [2.75, 3.05) is 52.4 Å². The molecule has 38 heavy (non-hydrogen) atoms. The largest absolute Gasteiger partial charge is 0.491 e. The molecule has 3 amide bonds. The van der Waals surface area contributed by atoms with E-state index in [1.165, 1.54) is 12.3 Å². The first kappa shape index (κ1) is 27.6. The zero-order chi connectivity index (χ0) is 27.2. The zero-order valence-electron chi connectivity index (χ0n) is 22.3. The third-order valence-corrected chi connectivity index (χ3v) is 7.22. The normalized spacial score (nSPS) is 23.6. The third-order valence-electron chi connectivity index (χ3n) is 7.22. The number of methoxy groups -OCH3 is 1. The number of anilines is 1. The molecule has 4 rings (SSSR count). The smallest absolute Gasteiger partial charge is 0.294 e. The summed E-state index contributed by atoms with van der Waals surface area (Å²) >= 11 is 0. The topological polar surface area (TPSA) is 123 Å². The van der Waals surface area contributed by atoms with Gasteiger partial charge < -0.3 is 33.9 Å². The predicted octanol–water partition coefficient (Wildman–Crippen LogP) is 2.69. The number of benzene rings is 1. The average Bonchev–Trinajstić information content (AvgIpc) is 3.48. The minimum atomic E-state index is -0.485. The summed E-state index contributed by atoms with van der Waals surface area (Å²) in [5, 5.41) is 6.27. The maximum atomic E-state index is 13.6. The fraction of sp³-hybridized carbons (Fsp3) is 0.556. The zero-order valence-corrected chi connectivity index (χ0v) is 22.3. The van der Waals surface area contributed by atoms with Crippen LogP contribution in [0.5, 0.6) is 5.75 Å². The van der Waals surface area contributed by atoms with Gasteiger partial charge in [-0.1, -0.05) is 12.1 Å². The number of fused-ring (bicyclic) bond motifs is 1. The monoisotopic (exact) mass is 528 g/mol. The van der Waals surface area contributed by atoms with E-state index in [1.807, 2.05) is 18.7 Å². The van der Waals surface area contributed by atoms with Crippen molar-refractivity contribution in [3.05, 3.63) is 41.8 Å². The van der Waals surface area contributed by atoms with E-state index in [0.717, 1.165) is 0 Å². The number of hydrogen-bond acceptors (Lipinski definition) is 8. The van der Waals surface area contributed by atoms with Crippen LogP contribution < -0.4 is 10.1 Å². The van der Waals surface area contributed by atoms with Crippen LogP contribution in [-0.2, 0) is 14.3 Å². The highest BCUT2D eigenvalue weighted by Gasteiger charge is 2.34. The second-order valence-electron chi connectivity index (χ2n) is 10.0. The highest BCUT2D eigenvalue weighted by atomic mass is 16.5. The molecule has 1 aromatic carbocycles. The van der Waals surface area contributed by atoms with Gasteiger partial charge in [0.05, 0.1) is 23.9 Å². The quantitative estimate of drug-likeness (QED) is 0.643. The fourth-order valence-electron chi connectivity index (χ4n) is 4.87. The standard InChI is InChI=1S/C27H36N4O7/c1-17-14-31(26(33)19-8-11-36-12-9-19)18(2)16-37-22-6-5-20(29-25(32)23-7-10-28-38-23)13-21(22)27(34)30(3)15-24(17)35-4/h5-7,10,13,17-19,24H,8-9,11-12,14-16H2,1-4H3,(H,29,32)/t17-,18-,24-/m1/s1. The molecule has 0 unspecified atom stereocenters. The number of nitrogens with one attached hydrogen (secondary N) is 1. The molecule has 2 aromatic rings. The van der Waals surface area contributed by atoms with E-state index in [4.69, 9.17) is 18.7 Å². The number of aromatic nitrogens is 1. The molecule has 206 valence electrons. The maximum absolute atomic E-state index is 13.6. The molecule has 11 nitrogen and oxygen atoms in total. The average molecular weight is 529 g/mol.